The van der Waals surface area contributed by atoms with Crippen LogP contribution in [-0.2, 0) is 16.6 Å². The van der Waals surface area contributed by atoms with Gasteiger partial charge in [0.1, 0.15) is 10.6 Å². The molecule has 0 spiro atoms. The average molecular weight is 449 g/mol. The Morgan fingerprint density at radius 2 is 1.81 bits per heavy atom. The minimum Gasteiger partial charge on any atom is -0.463 e. The van der Waals surface area contributed by atoms with Gasteiger partial charge >= 0.3 is 0 Å². The number of aromatic nitrogens is 2. The first kappa shape index (κ1) is 19.9. The van der Waals surface area contributed by atoms with Crippen molar-refractivity contribution in [3.63, 3.8) is 0 Å². The number of hydrogen-bond donors (Lipinski definition) is 1. The van der Waals surface area contributed by atoms with Crippen molar-refractivity contribution in [2.24, 2.45) is 0 Å². The highest BCUT2D eigenvalue weighted by atomic mass is 35.5. The minimum absolute atomic E-state index is 0.00551. The molecule has 0 bridgehead atoms. The molecule has 11 heteroatoms. The summed E-state index contributed by atoms with van der Waals surface area (Å²) in [5.74, 6) is 0.493. The fraction of sp³-hybridized carbons (Fsp3) is 0.125. The lowest BCUT2D eigenvalue weighted by Gasteiger charge is -2.10. The largest absolute Gasteiger partial charge is 0.463 e. The van der Waals surface area contributed by atoms with Crippen LogP contribution in [-0.4, -0.2) is 24.7 Å². The van der Waals surface area contributed by atoms with Crippen LogP contribution in [0.3, 0.4) is 0 Å². The summed E-state index contributed by atoms with van der Waals surface area (Å²) in [6.45, 7) is -0.0843. The smallest absolute Gasteiger partial charge is 0.266 e. The van der Waals surface area contributed by atoms with E-state index in [2.05, 4.69) is 9.82 Å². The molecular formula is C16H12Cl3N3O4S. The molecular weight excluding hydrogens is 437 g/mol. The van der Waals surface area contributed by atoms with Gasteiger partial charge in [0.05, 0.1) is 27.9 Å². The summed E-state index contributed by atoms with van der Waals surface area (Å²) in [6, 6.07) is 8.66. The van der Waals surface area contributed by atoms with E-state index >= 15 is 0 Å². The van der Waals surface area contributed by atoms with Crippen molar-refractivity contribution in [1.82, 2.24) is 14.5 Å². The zero-order chi connectivity index (χ0) is 19.6. The van der Waals surface area contributed by atoms with Crippen LogP contribution in [0.1, 0.15) is 0 Å². The van der Waals surface area contributed by atoms with Crippen molar-refractivity contribution in [3.8, 4) is 11.5 Å². The Kier molecular flexibility index (Phi) is 5.92. The van der Waals surface area contributed by atoms with Gasteiger partial charge in [0, 0.05) is 12.6 Å². The normalized spacial score (nSPS) is 11.7. The predicted molar refractivity (Wildman–Crippen MR) is 103 cm³/mol. The van der Waals surface area contributed by atoms with Crippen LogP contribution < -0.4 is 10.3 Å². The van der Waals surface area contributed by atoms with Crippen LogP contribution in [0.15, 0.2) is 56.8 Å². The van der Waals surface area contributed by atoms with Crippen LogP contribution in [0.2, 0.25) is 15.1 Å². The van der Waals surface area contributed by atoms with E-state index in [0.717, 1.165) is 10.7 Å². The van der Waals surface area contributed by atoms with E-state index in [9.17, 15) is 13.2 Å². The molecule has 27 heavy (non-hydrogen) atoms. The summed E-state index contributed by atoms with van der Waals surface area (Å²) in [4.78, 5) is 11.7. The number of benzene rings is 1. The van der Waals surface area contributed by atoms with Crippen LogP contribution in [0, 0.1) is 0 Å². The molecule has 1 N–H and O–H groups in total. The van der Waals surface area contributed by atoms with E-state index in [0.29, 0.717) is 11.5 Å². The van der Waals surface area contributed by atoms with Crippen molar-refractivity contribution < 1.29 is 12.8 Å². The molecule has 142 valence electrons. The van der Waals surface area contributed by atoms with E-state index in [-0.39, 0.29) is 38.6 Å². The van der Waals surface area contributed by atoms with Crippen molar-refractivity contribution >= 4 is 44.8 Å². The fourth-order valence-electron chi connectivity index (χ4n) is 2.24. The van der Waals surface area contributed by atoms with Crippen LogP contribution >= 0.6 is 34.8 Å². The second-order valence-corrected chi connectivity index (χ2v) is 8.31. The van der Waals surface area contributed by atoms with Gasteiger partial charge in [-0.25, -0.2) is 17.8 Å². The highest BCUT2D eigenvalue weighted by Gasteiger charge is 2.19. The maximum absolute atomic E-state index is 12.4. The Bertz CT molecular complexity index is 1130. The summed E-state index contributed by atoms with van der Waals surface area (Å²) in [5, 5.41) is 4.30. The molecule has 2 heterocycles. The molecule has 3 rings (SSSR count). The van der Waals surface area contributed by atoms with Crippen molar-refractivity contribution in [1.29, 1.82) is 0 Å². The minimum atomic E-state index is -3.95. The van der Waals surface area contributed by atoms with Gasteiger partial charge in [-0.3, -0.25) is 4.79 Å². The Hall–Kier alpha value is -1.84. The average Bonchev–Trinajstić information content (AvgIpc) is 3.14. The summed E-state index contributed by atoms with van der Waals surface area (Å²) in [5.41, 5.74) is 0.0760. The van der Waals surface area contributed by atoms with Gasteiger partial charge in [0.25, 0.3) is 5.56 Å². The molecule has 0 atom stereocenters. The Morgan fingerprint density at radius 1 is 1.07 bits per heavy atom. The summed E-state index contributed by atoms with van der Waals surface area (Å²) in [7, 11) is -3.95. The van der Waals surface area contributed by atoms with Gasteiger partial charge in [-0.15, -0.1) is 0 Å². The zero-order valence-corrected chi connectivity index (χ0v) is 16.6. The number of furan rings is 1. The van der Waals surface area contributed by atoms with E-state index < -0.39 is 10.0 Å². The third kappa shape index (κ3) is 4.53. The third-order valence-corrected chi connectivity index (χ3v) is 6.17. The van der Waals surface area contributed by atoms with E-state index in [1.165, 1.54) is 24.5 Å². The number of rotatable bonds is 6. The highest BCUT2D eigenvalue weighted by Crippen LogP contribution is 2.31. The number of nitrogens with zero attached hydrogens (tertiary/aromatic N) is 2. The van der Waals surface area contributed by atoms with Gasteiger partial charge in [0.2, 0.25) is 10.0 Å². The maximum Gasteiger partial charge on any atom is 0.266 e. The van der Waals surface area contributed by atoms with Gasteiger partial charge < -0.3 is 4.42 Å². The second kappa shape index (κ2) is 8.04. The molecule has 0 aliphatic rings. The summed E-state index contributed by atoms with van der Waals surface area (Å²) in [6.07, 6.45) is 1.49. The first-order valence-electron chi connectivity index (χ1n) is 7.54. The Labute approximate surface area is 169 Å². The fourth-order valence-corrected chi connectivity index (χ4v) is 4.26. The molecule has 0 aliphatic heterocycles. The number of hydrogen-bond acceptors (Lipinski definition) is 5. The topological polar surface area (TPSA) is 94.2 Å². The molecule has 0 fully saturated rings. The maximum atomic E-state index is 12.4. The van der Waals surface area contributed by atoms with Gasteiger partial charge in [0.15, 0.2) is 5.76 Å². The molecule has 7 nitrogen and oxygen atoms in total. The SMILES string of the molecule is O=c1ccc(-c2ccco2)nn1CCNS(=O)(=O)c1cc(Cl)c(Cl)cc1Cl. The van der Waals surface area contributed by atoms with Crippen LogP contribution in [0.25, 0.3) is 11.5 Å². The molecule has 2 aromatic heterocycles. The van der Waals surface area contributed by atoms with E-state index in [4.69, 9.17) is 39.2 Å². The van der Waals surface area contributed by atoms with Crippen molar-refractivity contribution in [2.75, 3.05) is 6.54 Å². The first-order valence-corrected chi connectivity index (χ1v) is 10.2. The molecule has 1 aromatic carbocycles. The lowest BCUT2D eigenvalue weighted by Crippen LogP contribution is -2.32. The van der Waals surface area contributed by atoms with Crippen LogP contribution in [0.4, 0.5) is 0 Å². The third-order valence-electron chi connectivity index (χ3n) is 3.52. The van der Waals surface area contributed by atoms with Gasteiger partial charge in [-0.1, -0.05) is 34.8 Å². The molecule has 0 unspecified atom stereocenters. The van der Waals surface area contributed by atoms with Crippen molar-refractivity contribution in [2.45, 2.75) is 11.4 Å². The number of nitrogens with one attached hydrogen (secondary N) is 1. The molecule has 0 radical (unpaired) electrons. The molecule has 3 aromatic rings. The Morgan fingerprint density at radius 3 is 2.52 bits per heavy atom. The Balaban J connectivity index is 1.75. The second-order valence-electron chi connectivity index (χ2n) is 5.35. The standard InChI is InChI=1S/C16H12Cl3N3O4S/c17-10-8-12(19)15(9-11(10)18)27(24,25)20-5-6-22-16(23)4-3-13(21-22)14-2-1-7-26-14/h1-4,7-9,20H,5-6H2. The monoisotopic (exact) mass is 447 g/mol. The molecule has 0 saturated carbocycles. The van der Waals surface area contributed by atoms with Gasteiger partial charge in [-0.05, 0) is 30.3 Å². The van der Waals surface area contributed by atoms with E-state index in [1.807, 2.05) is 0 Å². The van der Waals surface area contributed by atoms with Crippen molar-refractivity contribution in [3.05, 3.63) is 68.1 Å². The lowest BCUT2D eigenvalue weighted by molar-refractivity contribution is 0.539. The highest BCUT2D eigenvalue weighted by molar-refractivity contribution is 7.89. The summed E-state index contributed by atoms with van der Waals surface area (Å²) < 4.78 is 33.6. The quantitative estimate of drug-likeness (QED) is 0.583. The first-order chi connectivity index (χ1) is 12.8. The lowest BCUT2D eigenvalue weighted by atomic mass is 10.3. The van der Waals surface area contributed by atoms with Gasteiger partial charge in [-0.2, -0.15) is 5.10 Å². The number of halogens is 3. The molecule has 0 saturated heterocycles. The molecule has 0 aliphatic carbocycles. The zero-order valence-electron chi connectivity index (χ0n) is 13.5. The predicted octanol–water partition coefficient (Wildman–Crippen LogP) is 3.44. The van der Waals surface area contributed by atoms with Crippen LogP contribution in [0.5, 0.6) is 0 Å². The summed E-state index contributed by atoms with van der Waals surface area (Å²) >= 11 is 17.6. The number of sulfonamides is 1. The van der Waals surface area contributed by atoms with E-state index in [1.54, 1.807) is 12.1 Å². The molecule has 0 amide bonds.